The van der Waals surface area contributed by atoms with Crippen molar-refractivity contribution in [3.05, 3.63) is 59.7 Å². The van der Waals surface area contributed by atoms with Gasteiger partial charge in [0, 0.05) is 16.7 Å². The lowest BCUT2D eigenvalue weighted by Gasteiger charge is -2.40. The predicted octanol–water partition coefficient (Wildman–Crippen LogP) is 5.59. The van der Waals surface area contributed by atoms with E-state index in [1.54, 1.807) is 0 Å². The number of para-hydroxylation sites is 1. The molecule has 0 unspecified atom stereocenters. The number of aromatic amines is 1. The number of pyridine rings is 1. The Morgan fingerprint density at radius 1 is 1.03 bits per heavy atom. The van der Waals surface area contributed by atoms with E-state index in [4.69, 9.17) is 15.5 Å². The summed E-state index contributed by atoms with van der Waals surface area (Å²) in [5.74, 6) is 1.40. The standard InChI is InChI=1S/C24H24N4O/c1-4-24(5-2)20-18(15-12-10-14(3)11-13-15)19-22(25)27-28-23(19)26-21(20)16-8-6-7-9-17(16)29-24/h6-13H,4-5H2,1-3H3,(H3,25,26,27,28). The number of nitrogens with zero attached hydrogens (tertiary/aromatic N) is 2. The number of aromatic nitrogens is 3. The van der Waals surface area contributed by atoms with Crippen molar-refractivity contribution >= 4 is 16.9 Å². The molecular formula is C24H24N4O. The van der Waals surface area contributed by atoms with E-state index >= 15 is 0 Å². The molecule has 3 N–H and O–H groups in total. The zero-order valence-electron chi connectivity index (χ0n) is 16.9. The quantitative estimate of drug-likeness (QED) is 0.483. The molecule has 0 atom stereocenters. The molecule has 5 rings (SSSR count). The van der Waals surface area contributed by atoms with Crippen LogP contribution in [0.2, 0.25) is 0 Å². The summed E-state index contributed by atoms with van der Waals surface area (Å²) in [4.78, 5) is 4.97. The Morgan fingerprint density at radius 3 is 2.48 bits per heavy atom. The number of hydrogen-bond acceptors (Lipinski definition) is 4. The van der Waals surface area contributed by atoms with Gasteiger partial charge < -0.3 is 10.5 Å². The summed E-state index contributed by atoms with van der Waals surface area (Å²) in [6.07, 6.45) is 1.66. The smallest absolute Gasteiger partial charge is 0.184 e. The summed E-state index contributed by atoms with van der Waals surface area (Å²) in [5, 5.41) is 8.20. The molecule has 4 aromatic rings. The van der Waals surface area contributed by atoms with Crippen molar-refractivity contribution in [1.82, 2.24) is 15.2 Å². The van der Waals surface area contributed by atoms with Gasteiger partial charge in [0.05, 0.1) is 11.1 Å². The third-order valence-electron chi connectivity index (χ3n) is 6.12. The van der Waals surface area contributed by atoms with E-state index in [1.165, 1.54) is 5.56 Å². The van der Waals surface area contributed by atoms with Crippen molar-refractivity contribution in [3.8, 4) is 28.1 Å². The van der Waals surface area contributed by atoms with Gasteiger partial charge in [-0.25, -0.2) is 4.98 Å². The Kier molecular flexibility index (Phi) is 3.88. The van der Waals surface area contributed by atoms with E-state index in [2.05, 4.69) is 61.3 Å². The lowest BCUT2D eigenvalue weighted by Crippen LogP contribution is -2.36. The fourth-order valence-corrected chi connectivity index (χ4v) is 4.49. The molecule has 3 heterocycles. The lowest BCUT2D eigenvalue weighted by atomic mass is 9.78. The van der Waals surface area contributed by atoms with Crippen LogP contribution in [-0.2, 0) is 5.60 Å². The molecule has 0 spiro atoms. The highest BCUT2D eigenvalue weighted by Gasteiger charge is 2.42. The van der Waals surface area contributed by atoms with E-state index in [9.17, 15) is 0 Å². The van der Waals surface area contributed by atoms with Crippen molar-refractivity contribution in [2.75, 3.05) is 5.73 Å². The van der Waals surface area contributed by atoms with Gasteiger partial charge in [-0.05, 0) is 37.5 Å². The normalized spacial score (nSPS) is 14.3. The highest BCUT2D eigenvalue weighted by Crippen LogP contribution is 2.52. The summed E-state index contributed by atoms with van der Waals surface area (Å²) in [6, 6.07) is 16.7. The van der Waals surface area contributed by atoms with Gasteiger partial charge in [-0.1, -0.05) is 55.8 Å². The first kappa shape index (κ1) is 17.7. The van der Waals surface area contributed by atoms with Crippen LogP contribution in [0.15, 0.2) is 48.5 Å². The molecule has 0 aliphatic carbocycles. The van der Waals surface area contributed by atoms with Crippen LogP contribution in [0.25, 0.3) is 33.4 Å². The molecule has 146 valence electrons. The molecule has 2 aromatic carbocycles. The first-order valence-corrected chi connectivity index (χ1v) is 10.1. The fraction of sp³-hybridized carbons (Fsp3) is 0.250. The number of anilines is 1. The van der Waals surface area contributed by atoms with Crippen LogP contribution in [0.3, 0.4) is 0 Å². The number of nitrogens with two attached hydrogens (primary N) is 1. The lowest BCUT2D eigenvalue weighted by molar-refractivity contribution is 0.0549. The van der Waals surface area contributed by atoms with E-state index in [0.29, 0.717) is 11.5 Å². The number of H-pyrrole nitrogens is 1. The molecule has 0 bridgehead atoms. The van der Waals surface area contributed by atoms with Crippen LogP contribution in [0, 0.1) is 6.92 Å². The van der Waals surface area contributed by atoms with E-state index < -0.39 is 5.60 Å². The minimum atomic E-state index is -0.477. The minimum absolute atomic E-state index is 0.477. The number of nitrogen functional groups attached to an aromatic ring is 1. The maximum atomic E-state index is 6.68. The van der Waals surface area contributed by atoms with Crippen LogP contribution in [0.4, 0.5) is 5.82 Å². The molecule has 5 nitrogen and oxygen atoms in total. The predicted molar refractivity (Wildman–Crippen MR) is 117 cm³/mol. The largest absolute Gasteiger partial charge is 0.482 e. The van der Waals surface area contributed by atoms with E-state index in [-0.39, 0.29) is 0 Å². The van der Waals surface area contributed by atoms with Crippen LogP contribution in [0.1, 0.15) is 37.8 Å². The van der Waals surface area contributed by atoms with E-state index in [1.807, 2.05) is 18.2 Å². The molecule has 0 radical (unpaired) electrons. The number of ether oxygens (including phenoxy) is 1. The second-order valence-electron chi connectivity index (χ2n) is 7.71. The Morgan fingerprint density at radius 2 is 1.76 bits per heavy atom. The van der Waals surface area contributed by atoms with Crippen LogP contribution < -0.4 is 10.5 Å². The molecule has 29 heavy (non-hydrogen) atoms. The van der Waals surface area contributed by atoms with E-state index in [0.717, 1.165) is 51.9 Å². The Hall–Kier alpha value is -3.34. The molecule has 0 amide bonds. The zero-order valence-corrected chi connectivity index (χ0v) is 16.9. The Balaban J connectivity index is 1.98. The molecule has 0 fully saturated rings. The SMILES string of the molecule is CCC1(CC)Oc2ccccc2-c2nc3n[nH]c(N)c3c(-c3ccc(C)cc3)c21. The van der Waals surface area contributed by atoms with Gasteiger partial charge >= 0.3 is 0 Å². The van der Waals surface area contributed by atoms with Crippen molar-refractivity contribution < 1.29 is 4.74 Å². The summed E-state index contributed by atoms with van der Waals surface area (Å²) in [7, 11) is 0. The molecule has 1 aliphatic heterocycles. The van der Waals surface area contributed by atoms with Crippen molar-refractivity contribution in [2.45, 2.75) is 39.2 Å². The molecule has 0 saturated heterocycles. The summed E-state index contributed by atoms with van der Waals surface area (Å²) >= 11 is 0. The minimum Gasteiger partial charge on any atom is -0.482 e. The van der Waals surface area contributed by atoms with Gasteiger partial charge in [-0.2, -0.15) is 5.10 Å². The van der Waals surface area contributed by atoms with Crippen LogP contribution in [0.5, 0.6) is 5.75 Å². The second kappa shape index (κ2) is 6.34. The number of fused-ring (bicyclic) bond motifs is 4. The maximum absolute atomic E-state index is 6.68. The third kappa shape index (κ3) is 2.47. The molecule has 1 aliphatic rings. The molecule has 0 saturated carbocycles. The van der Waals surface area contributed by atoms with Gasteiger partial charge in [0.1, 0.15) is 17.2 Å². The average Bonchev–Trinajstić information content (AvgIpc) is 3.13. The maximum Gasteiger partial charge on any atom is 0.184 e. The summed E-state index contributed by atoms with van der Waals surface area (Å²) in [5.41, 5.74) is 12.9. The van der Waals surface area contributed by atoms with Crippen molar-refractivity contribution in [2.24, 2.45) is 0 Å². The Bertz CT molecular complexity index is 1220. The van der Waals surface area contributed by atoms with Crippen LogP contribution in [-0.4, -0.2) is 15.2 Å². The van der Waals surface area contributed by atoms with Crippen molar-refractivity contribution in [3.63, 3.8) is 0 Å². The fourth-order valence-electron chi connectivity index (χ4n) is 4.49. The highest BCUT2D eigenvalue weighted by atomic mass is 16.5. The zero-order chi connectivity index (χ0) is 20.2. The van der Waals surface area contributed by atoms with Gasteiger partial charge in [0.2, 0.25) is 0 Å². The van der Waals surface area contributed by atoms with Gasteiger partial charge in [-0.15, -0.1) is 0 Å². The monoisotopic (exact) mass is 384 g/mol. The Labute approximate surface area is 169 Å². The first-order valence-electron chi connectivity index (χ1n) is 10.1. The first-order chi connectivity index (χ1) is 14.1. The average molecular weight is 384 g/mol. The molecule has 5 heteroatoms. The molecule has 2 aromatic heterocycles. The number of aryl methyl sites for hydroxylation is 1. The number of nitrogens with one attached hydrogen (secondary N) is 1. The highest BCUT2D eigenvalue weighted by molar-refractivity contribution is 6.04. The summed E-state index contributed by atoms with van der Waals surface area (Å²) in [6.45, 7) is 6.43. The van der Waals surface area contributed by atoms with Gasteiger partial charge in [0.25, 0.3) is 0 Å². The number of hydrogen-bond donors (Lipinski definition) is 2. The second-order valence-corrected chi connectivity index (χ2v) is 7.71. The van der Waals surface area contributed by atoms with Gasteiger partial charge in [0.15, 0.2) is 5.65 Å². The van der Waals surface area contributed by atoms with Gasteiger partial charge in [-0.3, -0.25) is 5.10 Å². The summed E-state index contributed by atoms with van der Waals surface area (Å²) < 4.78 is 6.68. The number of benzene rings is 2. The van der Waals surface area contributed by atoms with Crippen molar-refractivity contribution in [1.29, 1.82) is 0 Å². The van der Waals surface area contributed by atoms with Crippen LogP contribution >= 0.6 is 0 Å². The third-order valence-corrected chi connectivity index (χ3v) is 6.12. The number of rotatable bonds is 3. The molecular weight excluding hydrogens is 360 g/mol. The topological polar surface area (TPSA) is 76.8 Å².